The van der Waals surface area contributed by atoms with Crippen molar-refractivity contribution in [1.82, 2.24) is 4.98 Å². The first-order chi connectivity index (χ1) is 15.5. The van der Waals surface area contributed by atoms with Crippen molar-refractivity contribution in [2.45, 2.75) is 18.5 Å². The van der Waals surface area contributed by atoms with Gasteiger partial charge in [0.2, 0.25) is 0 Å². The molecule has 0 aliphatic carbocycles. The summed E-state index contributed by atoms with van der Waals surface area (Å²) < 4.78 is 79.7. The SMILES string of the molecule is O=C(Nc1ccc(C(=O)c2ccncc2)cc1)c1ccc(O[C@H](F)C(F)(F)C(F)(F)F)cc1. The van der Waals surface area contributed by atoms with Crippen LogP contribution < -0.4 is 10.1 Å². The van der Waals surface area contributed by atoms with Crippen LogP contribution in [-0.4, -0.2) is 35.1 Å². The Morgan fingerprint density at radius 2 is 1.30 bits per heavy atom. The van der Waals surface area contributed by atoms with Gasteiger partial charge in [-0.1, -0.05) is 0 Å². The third kappa shape index (κ3) is 5.48. The minimum atomic E-state index is -6.12. The second-order valence-electron chi connectivity index (χ2n) is 6.68. The summed E-state index contributed by atoms with van der Waals surface area (Å²) in [6.45, 7) is 0. The number of halogens is 6. The van der Waals surface area contributed by atoms with Gasteiger partial charge in [0, 0.05) is 34.8 Å². The lowest BCUT2D eigenvalue weighted by molar-refractivity contribution is -0.328. The number of aromatic nitrogens is 1. The number of benzene rings is 2. The molecule has 0 radical (unpaired) electrons. The maximum atomic E-state index is 13.3. The highest BCUT2D eigenvalue weighted by atomic mass is 19.4. The van der Waals surface area contributed by atoms with Crippen LogP contribution in [0.5, 0.6) is 5.75 Å². The monoisotopic (exact) mass is 468 g/mol. The zero-order valence-corrected chi connectivity index (χ0v) is 16.4. The molecule has 0 fully saturated rings. The Kier molecular flexibility index (Phi) is 6.70. The average Bonchev–Trinajstić information content (AvgIpc) is 2.79. The van der Waals surface area contributed by atoms with Gasteiger partial charge in [0.1, 0.15) is 5.75 Å². The van der Waals surface area contributed by atoms with E-state index in [2.05, 4.69) is 15.0 Å². The molecule has 0 saturated carbocycles. The van der Waals surface area contributed by atoms with Crippen LogP contribution in [0.3, 0.4) is 0 Å². The minimum absolute atomic E-state index is 0.00252. The molecule has 172 valence electrons. The van der Waals surface area contributed by atoms with Gasteiger partial charge >= 0.3 is 18.5 Å². The number of hydrogen-bond donors (Lipinski definition) is 1. The summed E-state index contributed by atoms with van der Waals surface area (Å²) in [5, 5.41) is 2.52. The molecule has 2 aromatic carbocycles. The van der Waals surface area contributed by atoms with Crippen molar-refractivity contribution in [3.8, 4) is 5.75 Å². The van der Waals surface area contributed by atoms with Crippen molar-refractivity contribution in [2.24, 2.45) is 0 Å². The van der Waals surface area contributed by atoms with E-state index >= 15 is 0 Å². The number of ketones is 1. The van der Waals surface area contributed by atoms with E-state index in [1.54, 1.807) is 12.1 Å². The normalized spacial score (nSPS) is 12.7. The molecule has 33 heavy (non-hydrogen) atoms. The molecular weight excluding hydrogens is 454 g/mol. The van der Waals surface area contributed by atoms with E-state index in [9.17, 15) is 35.9 Å². The number of nitrogens with one attached hydrogen (secondary N) is 1. The lowest BCUT2D eigenvalue weighted by atomic mass is 10.0. The summed E-state index contributed by atoms with van der Waals surface area (Å²) in [6, 6.07) is 13.0. The third-order valence-corrected chi connectivity index (χ3v) is 4.37. The molecule has 3 rings (SSSR count). The number of amides is 1. The van der Waals surface area contributed by atoms with Gasteiger partial charge in [-0.05, 0) is 60.7 Å². The van der Waals surface area contributed by atoms with E-state index in [1.165, 1.54) is 36.7 Å². The summed E-state index contributed by atoms with van der Waals surface area (Å²) in [5.41, 5.74) is 1.14. The fraction of sp³-hybridized carbons (Fsp3) is 0.136. The first-order valence-corrected chi connectivity index (χ1v) is 9.20. The first kappa shape index (κ1) is 23.8. The standard InChI is InChI=1S/C22H14F6N2O3/c23-20(21(24,25)22(26,27)28)33-17-7-3-15(4-8-17)19(32)30-16-5-1-13(2-6-16)18(31)14-9-11-29-12-10-14/h1-12,20H,(H,30,32)/t20-/m0/s1. The van der Waals surface area contributed by atoms with Crippen molar-refractivity contribution < 1.29 is 40.7 Å². The molecule has 3 aromatic rings. The summed E-state index contributed by atoms with van der Waals surface area (Å²) in [5.74, 6) is -7.21. The highest BCUT2D eigenvalue weighted by Gasteiger charge is 2.65. The number of pyridine rings is 1. The molecule has 5 nitrogen and oxygen atoms in total. The van der Waals surface area contributed by atoms with Gasteiger partial charge in [0.05, 0.1) is 0 Å². The van der Waals surface area contributed by atoms with E-state index in [4.69, 9.17) is 0 Å². The van der Waals surface area contributed by atoms with Crippen molar-refractivity contribution in [1.29, 1.82) is 0 Å². The number of anilines is 1. The van der Waals surface area contributed by atoms with Crippen molar-refractivity contribution >= 4 is 17.4 Å². The predicted octanol–water partition coefficient (Wildman–Crippen LogP) is 5.44. The minimum Gasteiger partial charge on any atom is -0.454 e. The average molecular weight is 468 g/mol. The number of hydrogen-bond acceptors (Lipinski definition) is 4. The van der Waals surface area contributed by atoms with Crippen molar-refractivity contribution in [2.75, 3.05) is 5.32 Å². The van der Waals surface area contributed by atoms with Crippen LogP contribution in [0.1, 0.15) is 26.3 Å². The highest BCUT2D eigenvalue weighted by molar-refractivity contribution is 6.09. The molecule has 11 heteroatoms. The van der Waals surface area contributed by atoms with Crippen LogP contribution in [0, 0.1) is 0 Å². The largest absolute Gasteiger partial charge is 0.460 e. The number of rotatable bonds is 7. The Balaban J connectivity index is 1.62. The van der Waals surface area contributed by atoms with E-state index in [0.29, 0.717) is 16.8 Å². The Labute approximate surface area is 183 Å². The van der Waals surface area contributed by atoms with Gasteiger partial charge in [0.25, 0.3) is 5.91 Å². The lowest BCUT2D eigenvalue weighted by Gasteiger charge is -2.23. The molecule has 1 heterocycles. The Morgan fingerprint density at radius 3 is 1.85 bits per heavy atom. The molecule has 0 unspecified atom stereocenters. The fourth-order valence-corrected chi connectivity index (χ4v) is 2.59. The van der Waals surface area contributed by atoms with Crippen LogP contribution in [0.25, 0.3) is 0 Å². The van der Waals surface area contributed by atoms with Gasteiger partial charge in [-0.25, -0.2) is 0 Å². The molecule has 1 atom stereocenters. The van der Waals surface area contributed by atoms with Crippen molar-refractivity contribution in [3.63, 3.8) is 0 Å². The molecule has 0 aliphatic heterocycles. The number of ether oxygens (including phenoxy) is 1. The molecule has 1 amide bonds. The first-order valence-electron chi connectivity index (χ1n) is 9.20. The smallest absolute Gasteiger partial charge is 0.454 e. The second kappa shape index (κ2) is 9.31. The Hall–Kier alpha value is -3.89. The summed E-state index contributed by atoms with van der Waals surface area (Å²) in [7, 11) is 0. The fourth-order valence-electron chi connectivity index (χ4n) is 2.59. The zero-order chi connectivity index (χ0) is 24.2. The summed E-state index contributed by atoms with van der Waals surface area (Å²) >= 11 is 0. The quantitative estimate of drug-likeness (QED) is 0.371. The Bertz CT molecular complexity index is 1120. The van der Waals surface area contributed by atoms with Gasteiger partial charge in [0.15, 0.2) is 5.78 Å². The van der Waals surface area contributed by atoms with Gasteiger partial charge < -0.3 is 10.1 Å². The molecule has 0 spiro atoms. The molecular formula is C22H14F6N2O3. The number of alkyl halides is 6. The van der Waals surface area contributed by atoms with Gasteiger partial charge in [-0.3, -0.25) is 14.6 Å². The third-order valence-electron chi connectivity index (χ3n) is 4.37. The van der Waals surface area contributed by atoms with Crippen LogP contribution in [0.4, 0.5) is 32.0 Å². The van der Waals surface area contributed by atoms with Gasteiger partial charge in [-0.15, -0.1) is 0 Å². The second-order valence-corrected chi connectivity index (χ2v) is 6.68. The molecule has 1 N–H and O–H groups in total. The van der Waals surface area contributed by atoms with Gasteiger partial charge in [-0.2, -0.15) is 26.3 Å². The van der Waals surface area contributed by atoms with Crippen LogP contribution in [0.2, 0.25) is 0 Å². The zero-order valence-electron chi connectivity index (χ0n) is 16.4. The Morgan fingerprint density at radius 1 is 0.788 bits per heavy atom. The van der Waals surface area contributed by atoms with Crippen molar-refractivity contribution in [3.05, 3.63) is 89.7 Å². The maximum Gasteiger partial charge on any atom is 0.460 e. The van der Waals surface area contributed by atoms with E-state index < -0.39 is 30.1 Å². The number of nitrogens with zero attached hydrogens (tertiary/aromatic N) is 1. The highest BCUT2D eigenvalue weighted by Crippen LogP contribution is 2.40. The number of carbonyl (C=O) groups excluding carboxylic acids is 2. The summed E-state index contributed by atoms with van der Waals surface area (Å²) in [4.78, 5) is 28.5. The molecule has 0 saturated heterocycles. The molecule has 1 aromatic heterocycles. The number of carbonyl (C=O) groups is 2. The van der Waals surface area contributed by atoms with Crippen LogP contribution >= 0.6 is 0 Å². The maximum absolute atomic E-state index is 13.3. The topological polar surface area (TPSA) is 68.3 Å². The van der Waals surface area contributed by atoms with E-state index in [-0.39, 0.29) is 11.3 Å². The molecule has 0 aliphatic rings. The lowest BCUT2D eigenvalue weighted by Crippen LogP contribution is -2.47. The predicted molar refractivity (Wildman–Crippen MR) is 105 cm³/mol. The summed E-state index contributed by atoms with van der Waals surface area (Å²) in [6.07, 6.45) is -7.11. The van der Waals surface area contributed by atoms with Crippen LogP contribution in [-0.2, 0) is 0 Å². The van der Waals surface area contributed by atoms with E-state index in [1.807, 2.05) is 0 Å². The molecule has 0 bridgehead atoms. The van der Waals surface area contributed by atoms with Crippen LogP contribution in [0.15, 0.2) is 73.1 Å². The van der Waals surface area contributed by atoms with E-state index in [0.717, 1.165) is 24.3 Å².